The van der Waals surface area contributed by atoms with Crippen molar-refractivity contribution in [2.75, 3.05) is 13.7 Å². The highest BCUT2D eigenvalue weighted by atomic mass is 32.1. The summed E-state index contributed by atoms with van der Waals surface area (Å²) in [6, 6.07) is 21.1. The molecule has 0 bridgehead atoms. The van der Waals surface area contributed by atoms with Crippen LogP contribution in [-0.2, 0) is 6.54 Å². The van der Waals surface area contributed by atoms with Gasteiger partial charge < -0.3 is 14.4 Å². The lowest BCUT2D eigenvalue weighted by atomic mass is 10.2. The van der Waals surface area contributed by atoms with Crippen molar-refractivity contribution in [3.63, 3.8) is 0 Å². The number of hydrogen-bond donors (Lipinski definition) is 0. The second-order valence-electron chi connectivity index (χ2n) is 7.60. The predicted octanol–water partition coefficient (Wildman–Crippen LogP) is 6.10. The number of para-hydroxylation sites is 1. The molecule has 2 aromatic carbocycles. The maximum Gasteiger partial charge on any atom is 0.264 e. The number of amides is 1. The molecule has 4 rings (SSSR count). The number of benzene rings is 2. The Morgan fingerprint density at radius 1 is 1.03 bits per heavy atom. The Morgan fingerprint density at radius 2 is 1.76 bits per heavy atom. The zero-order chi connectivity index (χ0) is 23.2. The van der Waals surface area contributed by atoms with Crippen LogP contribution in [0.2, 0.25) is 0 Å². The zero-order valence-electron chi connectivity index (χ0n) is 19.0. The van der Waals surface area contributed by atoms with Crippen molar-refractivity contribution < 1.29 is 14.3 Å². The Balaban J connectivity index is 1.74. The van der Waals surface area contributed by atoms with E-state index in [-0.39, 0.29) is 5.91 Å². The highest BCUT2D eigenvalue weighted by Crippen LogP contribution is 2.32. The summed E-state index contributed by atoms with van der Waals surface area (Å²) in [5, 5.41) is 6.70. The Labute approximate surface area is 198 Å². The third-order valence-corrected chi connectivity index (χ3v) is 6.13. The van der Waals surface area contributed by atoms with Crippen LogP contribution in [0.5, 0.6) is 17.4 Å². The Bertz CT molecular complexity index is 1190. The van der Waals surface area contributed by atoms with Crippen LogP contribution in [0.4, 0.5) is 0 Å². The smallest absolute Gasteiger partial charge is 0.264 e. The number of hydrogen-bond acceptors (Lipinski definition) is 5. The van der Waals surface area contributed by atoms with Crippen LogP contribution in [-0.4, -0.2) is 34.2 Å². The van der Waals surface area contributed by atoms with Crippen molar-refractivity contribution in [2.45, 2.75) is 26.8 Å². The summed E-state index contributed by atoms with van der Waals surface area (Å²) in [6.07, 6.45) is 0.859. The Kier molecular flexibility index (Phi) is 7.10. The first kappa shape index (κ1) is 22.6. The monoisotopic (exact) mass is 461 g/mol. The molecule has 0 spiro atoms. The third kappa shape index (κ3) is 5.09. The molecule has 1 amide bonds. The normalized spacial score (nSPS) is 10.8. The van der Waals surface area contributed by atoms with E-state index < -0.39 is 0 Å². The molecule has 0 aliphatic rings. The van der Waals surface area contributed by atoms with Crippen molar-refractivity contribution >= 4 is 17.2 Å². The molecule has 0 aliphatic heterocycles. The van der Waals surface area contributed by atoms with E-state index in [1.807, 2.05) is 83.9 Å². The first-order valence-electron chi connectivity index (χ1n) is 10.9. The van der Waals surface area contributed by atoms with E-state index in [1.165, 1.54) is 11.3 Å². The van der Waals surface area contributed by atoms with Crippen LogP contribution in [0.3, 0.4) is 0 Å². The van der Waals surface area contributed by atoms with Gasteiger partial charge in [-0.3, -0.25) is 4.79 Å². The van der Waals surface area contributed by atoms with Crippen molar-refractivity contribution in [3.8, 4) is 23.1 Å². The molecule has 6 nitrogen and oxygen atoms in total. The molecule has 0 saturated heterocycles. The molecule has 4 aromatic rings. The molecule has 0 fully saturated rings. The van der Waals surface area contributed by atoms with Crippen molar-refractivity contribution in [2.24, 2.45) is 0 Å². The molecule has 0 radical (unpaired) electrons. The molecule has 0 unspecified atom stereocenters. The van der Waals surface area contributed by atoms with Gasteiger partial charge in [-0.25, -0.2) is 4.68 Å². The number of ether oxygens (including phenoxy) is 2. The van der Waals surface area contributed by atoms with Crippen LogP contribution < -0.4 is 9.47 Å². The average Bonchev–Trinajstić information content (AvgIpc) is 3.49. The molecule has 0 aliphatic carbocycles. The lowest BCUT2D eigenvalue weighted by molar-refractivity contribution is 0.0747. The van der Waals surface area contributed by atoms with Crippen LogP contribution in [0.25, 0.3) is 5.69 Å². The highest BCUT2D eigenvalue weighted by molar-refractivity contribution is 7.12. The molecular weight excluding hydrogens is 434 g/mol. The summed E-state index contributed by atoms with van der Waals surface area (Å²) < 4.78 is 13.4. The van der Waals surface area contributed by atoms with E-state index in [4.69, 9.17) is 14.6 Å². The molecule has 170 valence electrons. The standard InChI is InChI=1S/C26H27N3O3S/c1-4-16-28(25(30)24-11-8-17-33-24)18-23-19(2)27-29(20-9-6-5-7-10-20)26(23)32-22-14-12-21(31-3)13-15-22/h5-15,17H,4,16,18H2,1-3H3. The number of carbonyl (C=O) groups excluding carboxylic acids is 1. The summed E-state index contributed by atoms with van der Waals surface area (Å²) in [7, 11) is 1.63. The van der Waals surface area contributed by atoms with Gasteiger partial charge in [0, 0.05) is 6.54 Å². The van der Waals surface area contributed by atoms with Crippen LogP contribution in [0.15, 0.2) is 72.1 Å². The minimum Gasteiger partial charge on any atom is -0.497 e. The van der Waals surface area contributed by atoms with Gasteiger partial charge in [0.2, 0.25) is 5.88 Å². The number of carbonyl (C=O) groups is 1. The quantitative estimate of drug-likeness (QED) is 0.302. The minimum atomic E-state index is 0.0223. The highest BCUT2D eigenvalue weighted by Gasteiger charge is 2.24. The van der Waals surface area contributed by atoms with E-state index in [2.05, 4.69) is 6.92 Å². The van der Waals surface area contributed by atoms with Crippen molar-refractivity contribution in [1.29, 1.82) is 0 Å². The molecule has 0 saturated carbocycles. The second-order valence-corrected chi connectivity index (χ2v) is 8.55. The lowest BCUT2D eigenvalue weighted by Crippen LogP contribution is -2.31. The number of thiophene rings is 1. The van der Waals surface area contributed by atoms with Crippen LogP contribution in [0.1, 0.15) is 34.3 Å². The van der Waals surface area contributed by atoms with Gasteiger partial charge in [-0.15, -0.1) is 11.3 Å². The zero-order valence-corrected chi connectivity index (χ0v) is 19.8. The maximum atomic E-state index is 13.2. The maximum absolute atomic E-state index is 13.2. The lowest BCUT2D eigenvalue weighted by Gasteiger charge is -2.22. The van der Waals surface area contributed by atoms with Crippen molar-refractivity contribution in [3.05, 3.63) is 88.2 Å². The average molecular weight is 462 g/mol. The van der Waals surface area contributed by atoms with Gasteiger partial charge >= 0.3 is 0 Å². The van der Waals surface area contributed by atoms with Gasteiger partial charge in [0.25, 0.3) is 5.91 Å². The van der Waals surface area contributed by atoms with Gasteiger partial charge in [0.15, 0.2) is 0 Å². The van der Waals surface area contributed by atoms with Gasteiger partial charge in [-0.1, -0.05) is 31.2 Å². The molecule has 2 aromatic heterocycles. The summed E-state index contributed by atoms with van der Waals surface area (Å²) in [6.45, 7) is 5.09. The fraction of sp³-hybridized carbons (Fsp3) is 0.231. The summed E-state index contributed by atoms with van der Waals surface area (Å²) in [4.78, 5) is 15.8. The summed E-state index contributed by atoms with van der Waals surface area (Å²) in [5.41, 5.74) is 2.59. The SMILES string of the molecule is CCCN(Cc1c(C)nn(-c2ccccc2)c1Oc1ccc(OC)cc1)C(=O)c1cccs1. The van der Waals surface area contributed by atoms with Gasteiger partial charge in [0.05, 0.1) is 35.5 Å². The Hall–Kier alpha value is -3.58. The first-order chi connectivity index (χ1) is 16.1. The first-order valence-corrected chi connectivity index (χ1v) is 11.8. The van der Waals surface area contributed by atoms with E-state index in [1.54, 1.807) is 11.8 Å². The van der Waals surface area contributed by atoms with Gasteiger partial charge in [-0.2, -0.15) is 5.10 Å². The third-order valence-electron chi connectivity index (χ3n) is 5.27. The molecule has 33 heavy (non-hydrogen) atoms. The molecule has 2 heterocycles. The van der Waals surface area contributed by atoms with E-state index >= 15 is 0 Å². The molecule has 0 atom stereocenters. The largest absolute Gasteiger partial charge is 0.497 e. The number of aryl methyl sites for hydroxylation is 1. The number of methoxy groups -OCH3 is 1. The fourth-order valence-electron chi connectivity index (χ4n) is 3.59. The van der Waals surface area contributed by atoms with E-state index in [0.717, 1.165) is 34.0 Å². The second kappa shape index (κ2) is 10.4. The molecule has 0 N–H and O–H groups in total. The number of aromatic nitrogens is 2. The van der Waals surface area contributed by atoms with Gasteiger partial charge in [0.1, 0.15) is 11.5 Å². The van der Waals surface area contributed by atoms with Crippen LogP contribution in [0, 0.1) is 6.92 Å². The number of rotatable bonds is 9. The summed E-state index contributed by atoms with van der Waals surface area (Å²) in [5.74, 6) is 2.05. The topological polar surface area (TPSA) is 56.6 Å². The summed E-state index contributed by atoms with van der Waals surface area (Å²) >= 11 is 1.46. The molecule has 7 heteroatoms. The van der Waals surface area contributed by atoms with Gasteiger partial charge in [-0.05, 0) is 61.2 Å². The Morgan fingerprint density at radius 3 is 2.39 bits per heavy atom. The predicted molar refractivity (Wildman–Crippen MR) is 131 cm³/mol. The minimum absolute atomic E-state index is 0.0223. The van der Waals surface area contributed by atoms with E-state index in [9.17, 15) is 4.79 Å². The fourth-order valence-corrected chi connectivity index (χ4v) is 4.28. The van der Waals surface area contributed by atoms with E-state index in [0.29, 0.717) is 24.7 Å². The van der Waals surface area contributed by atoms with Crippen LogP contribution >= 0.6 is 11.3 Å². The molecular formula is C26H27N3O3S. The van der Waals surface area contributed by atoms with Crippen molar-refractivity contribution in [1.82, 2.24) is 14.7 Å². The number of nitrogens with zero attached hydrogens (tertiary/aromatic N) is 3.